The molecule has 1 aliphatic heterocycles. The van der Waals surface area contributed by atoms with Gasteiger partial charge in [0.25, 0.3) is 5.91 Å². The van der Waals surface area contributed by atoms with Crippen molar-refractivity contribution < 1.29 is 24.2 Å². The molecule has 2 aromatic rings. The van der Waals surface area contributed by atoms with E-state index in [1.807, 2.05) is 20.8 Å². The molecule has 1 heterocycles. The Morgan fingerprint density at radius 2 is 1.85 bits per heavy atom. The molecule has 3 rings (SSSR count). The summed E-state index contributed by atoms with van der Waals surface area (Å²) in [6.07, 6.45) is 0.735. The van der Waals surface area contributed by atoms with Crippen molar-refractivity contribution in [2.75, 3.05) is 6.61 Å². The quantitative estimate of drug-likeness (QED) is 0.844. The zero-order valence-corrected chi connectivity index (χ0v) is 15.6. The molecule has 2 N–H and O–H groups in total. The fourth-order valence-corrected chi connectivity index (χ4v) is 2.92. The van der Waals surface area contributed by atoms with Crippen molar-refractivity contribution in [1.29, 1.82) is 0 Å². The molecule has 0 fully saturated rings. The molecule has 1 amide bonds. The number of hydrogen-bond acceptors (Lipinski definition) is 4. The SMILES string of the molecule is CC(C)(C)Oc1ccc(C(=O)NC(C(=O)O)c2ccc3c(c2)CCO3)cc1. The van der Waals surface area contributed by atoms with Gasteiger partial charge in [0.05, 0.1) is 6.61 Å². The summed E-state index contributed by atoms with van der Waals surface area (Å²) in [6, 6.07) is 10.7. The van der Waals surface area contributed by atoms with Gasteiger partial charge in [-0.3, -0.25) is 4.79 Å². The number of aliphatic carboxylic acids is 1. The first-order chi connectivity index (χ1) is 12.7. The Bertz CT molecular complexity index is 852. The lowest BCUT2D eigenvalue weighted by molar-refractivity contribution is -0.139. The summed E-state index contributed by atoms with van der Waals surface area (Å²) >= 11 is 0. The molecule has 1 unspecified atom stereocenters. The molecule has 1 atom stereocenters. The van der Waals surface area contributed by atoms with Gasteiger partial charge in [-0.2, -0.15) is 0 Å². The summed E-state index contributed by atoms with van der Waals surface area (Å²) in [5, 5.41) is 12.2. The molecule has 6 heteroatoms. The van der Waals surface area contributed by atoms with E-state index in [1.165, 1.54) is 0 Å². The Balaban J connectivity index is 1.75. The molecule has 6 nitrogen and oxygen atoms in total. The van der Waals surface area contributed by atoms with Gasteiger partial charge in [0.2, 0.25) is 0 Å². The Morgan fingerprint density at radius 3 is 2.48 bits per heavy atom. The van der Waals surface area contributed by atoms with Crippen LogP contribution in [0.3, 0.4) is 0 Å². The lowest BCUT2D eigenvalue weighted by Crippen LogP contribution is -2.33. The van der Waals surface area contributed by atoms with Crippen LogP contribution in [0.1, 0.15) is 48.3 Å². The van der Waals surface area contributed by atoms with Crippen LogP contribution in [-0.2, 0) is 11.2 Å². The minimum atomic E-state index is -1.13. The predicted octanol–water partition coefficient (Wildman–Crippen LogP) is 3.35. The number of ether oxygens (including phenoxy) is 2. The second-order valence-electron chi connectivity index (χ2n) is 7.45. The minimum Gasteiger partial charge on any atom is -0.493 e. The van der Waals surface area contributed by atoms with Crippen LogP contribution in [0.2, 0.25) is 0 Å². The average molecular weight is 369 g/mol. The van der Waals surface area contributed by atoms with Crippen molar-refractivity contribution in [2.24, 2.45) is 0 Å². The van der Waals surface area contributed by atoms with Gasteiger partial charge in [0.15, 0.2) is 6.04 Å². The number of carbonyl (C=O) groups excluding carboxylic acids is 1. The van der Waals surface area contributed by atoms with E-state index in [0.717, 1.165) is 17.7 Å². The molecular weight excluding hydrogens is 346 g/mol. The number of carboxylic acids is 1. The average Bonchev–Trinajstić information content (AvgIpc) is 3.06. The maximum atomic E-state index is 12.5. The smallest absolute Gasteiger partial charge is 0.330 e. The number of fused-ring (bicyclic) bond motifs is 1. The van der Waals surface area contributed by atoms with Crippen molar-refractivity contribution in [3.63, 3.8) is 0 Å². The van der Waals surface area contributed by atoms with Crippen LogP contribution in [0.4, 0.5) is 0 Å². The molecule has 142 valence electrons. The number of rotatable bonds is 5. The molecule has 0 saturated carbocycles. The second kappa shape index (κ2) is 7.31. The largest absolute Gasteiger partial charge is 0.493 e. The number of nitrogens with one attached hydrogen (secondary N) is 1. The van der Waals surface area contributed by atoms with E-state index < -0.39 is 17.9 Å². The van der Waals surface area contributed by atoms with Gasteiger partial charge >= 0.3 is 5.97 Å². The van der Waals surface area contributed by atoms with Crippen LogP contribution in [0.15, 0.2) is 42.5 Å². The molecule has 0 saturated heterocycles. The monoisotopic (exact) mass is 369 g/mol. The van der Waals surface area contributed by atoms with E-state index in [-0.39, 0.29) is 5.60 Å². The number of hydrogen-bond donors (Lipinski definition) is 2. The van der Waals surface area contributed by atoms with Crippen molar-refractivity contribution in [3.8, 4) is 11.5 Å². The number of amides is 1. The van der Waals surface area contributed by atoms with Crippen LogP contribution in [0, 0.1) is 0 Å². The Hall–Kier alpha value is -3.02. The lowest BCUT2D eigenvalue weighted by atomic mass is 10.0. The fourth-order valence-electron chi connectivity index (χ4n) is 2.92. The molecule has 0 aromatic heterocycles. The maximum absolute atomic E-state index is 12.5. The van der Waals surface area contributed by atoms with Crippen molar-refractivity contribution >= 4 is 11.9 Å². The topological polar surface area (TPSA) is 84.9 Å². The highest BCUT2D eigenvalue weighted by atomic mass is 16.5. The van der Waals surface area contributed by atoms with Crippen molar-refractivity contribution in [3.05, 3.63) is 59.2 Å². The number of carboxylic acid groups (broad SMARTS) is 1. The summed E-state index contributed by atoms with van der Waals surface area (Å²) in [6.45, 7) is 6.40. The summed E-state index contributed by atoms with van der Waals surface area (Å²) in [5.41, 5.74) is 1.51. The molecule has 0 spiro atoms. The Morgan fingerprint density at radius 1 is 1.15 bits per heavy atom. The van der Waals surface area contributed by atoms with Crippen molar-refractivity contribution in [1.82, 2.24) is 5.32 Å². The van der Waals surface area contributed by atoms with E-state index in [2.05, 4.69) is 5.32 Å². The molecule has 27 heavy (non-hydrogen) atoms. The van der Waals surface area contributed by atoms with E-state index in [0.29, 0.717) is 23.5 Å². The first kappa shape index (κ1) is 18.8. The van der Waals surface area contributed by atoms with Crippen LogP contribution in [0.25, 0.3) is 0 Å². The van der Waals surface area contributed by atoms with Gasteiger partial charge in [-0.15, -0.1) is 0 Å². The van der Waals surface area contributed by atoms with E-state index in [9.17, 15) is 14.7 Å². The molecular formula is C21H23NO5. The van der Waals surface area contributed by atoms with Gasteiger partial charge in [0.1, 0.15) is 17.1 Å². The van der Waals surface area contributed by atoms with Gasteiger partial charge in [0, 0.05) is 12.0 Å². The Labute approximate surface area is 158 Å². The standard InChI is InChI=1S/C21H23NO5/c1-21(2,3)27-16-7-4-13(5-8-16)19(23)22-18(20(24)25)15-6-9-17-14(12-15)10-11-26-17/h4-9,12,18H,10-11H2,1-3H3,(H,22,23)(H,24,25). The molecule has 0 aliphatic carbocycles. The Kier molecular flexibility index (Phi) is 5.08. The highest BCUT2D eigenvalue weighted by Gasteiger charge is 2.25. The van der Waals surface area contributed by atoms with Crippen LogP contribution >= 0.6 is 0 Å². The van der Waals surface area contributed by atoms with Gasteiger partial charge in [-0.05, 0) is 68.3 Å². The van der Waals surface area contributed by atoms with E-state index in [4.69, 9.17) is 9.47 Å². The van der Waals surface area contributed by atoms with Gasteiger partial charge < -0.3 is 19.9 Å². The van der Waals surface area contributed by atoms with Crippen LogP contribution in [-0.4, -0.2) is 29.2 Å². The third-order valence-corrected chi connectivity index (χ3v) is 4.11. The first-order valence-electron chi connectivity index (χ1n) is 8.81. The summed E-state index contributed by atoms with van der Waals surface area (Å²) < 4.78 is 11.2. The molecule has 1 aliphatic rings. The van der Waals surface area contributed by atoms with Gasteiger partial charge in [-0.1, -0.05) is 6.07 Å². The first-order valence-corrected chi connectivity index (χ1v) is 8.81. The summed E-state index contributed by atoms with van der Waals surface area (Å²) in [4.78, 5) is 24.2. The molecule has 2 aromatic carbocycles. The third-order valence-electron chi connectivity index (χ3n) is 4.11. The van der Waals surface area contributed by atoms with Crippen LogP contribution < -0.4 is 14.8 Å². The zero-order chi connectivity index (χ0) is 19.6. The number of benzene rings is 2. The van der Waals surface area contributed by atoms with E-state index in [1.54, 1.807) is 42.5 Å². The second-order valence-corrected chi connectivity index (χ2v) is 7.45. The molecule has 0 radical (unpaired) electrons. The maximum Gasteiger partial charge on any atom is 0.330 e. The normalized spacial score (nSPS) is 14.0. The van der Waals surface area contributed by atoms with E-state index >= 15 is 0 Å². The number of carbonyl (C=O) groups is 2. The lowest BCUT2D eigenvalue weighted by Gasteiger charge is -2.21. The van der Waals surface area contributed by atoms with Crippen molar-refractivity contribution in [2.45, 2.75) is 38.8 Å². The summed E-state index contributed by atoms with van der Waals surface area (Å²) in [7, 11) is 0. The van der Waals surface area contributed by atoms with Crippen LogP contribution in [0.5, 0.6) is 11.5 Å². The van der Waals surface area contributed by atoms with Gasteiger partial charge in [-0.25, -0.2) is 4.79 Å². The molecule has 0 bridgehead atoms. The highest BCUT2D eigenvalue weighted by Crippen LogP contribution is 2.28. The zero-order valence-electron chi connectivity index (χ0n) is 15.6. The fraction of sp³-hybridized carbons (Fsp3) is 0.333. The predicted molar refractivity (Wildman–Crippen MR) is 100 cm³/mol. The minimum absolute atomic E-state index is 0.338. The summed E-state index contributed by atoms with van der Waals surface area (Å²) in [5.74, 6) is -0.160. The third kappa shape index (κ3) is 4.58. The highest BCUT2D eigenvalue weighted by molar-refractivity contribution is 5.97.